The van der Waals surface area contributed by atoms with E-state index < -0.39 is 5.97 Å². The zero-order valence-electron chi connectivity index (χ0n) is 13.1. The lowest BCUT2D eigenvalue weighted by Gasteiger charge is -2.13. The maximum absolute atomic E-state index is 11.1. The molecule has 0 unspecified atom stereocenters. The van der Waals surface area contributed by atoms with Crippen LogP contribution in [0.4, 0.5) is 5.69 Å². The van der Waals surface area contributed by atoms with Gasteiger partial charge in [-0.2, -0.15) is 0 Å². The summed E-state index contributed by atoms with van der Waals surface area (Å²) < 4.78 is 10.5. The SMILES string of the molecule is COc1ccc(NC(=CC(=O)O)Cc2ccccc2)cc1OC. The van der Waals surface area contributed by atoms with Crippen LogP contribution < -0.4 is 14.8 Å². The topological polar surface area (TPSA) is 67.8 Å². The van der Waals surface area contributed by atoms with E-state index in [0.717, 1.165) is 11.3 Å². The molecule has 0 heterocycles. The molecular formula is C18H19NO4. The van der Waals surface area contributed by atoms with Gasteiger partial charge in [-0.3, -0.25) is 0 Å². The molecule has 0 fully saturated rings. The highest BCUT2D eigenvalue weighted by Crippen LogP contribution is 2.30. The second kappa shape index (κ2) is 7.89. The van der Waals surface area contributed by atoms with Crippen LogP contribution in [0.1, 0.15) is 5.56 Å². The first kappa shape index (κ1) is 16.4. The molecule has 5 nitrogen and oxygen atoms in total. The molecule has 0 aliphatic heterocycles. The number of carboxylic acids is 1. The molecule has 120 valence electrons. The lowest BCUT2D eigenvalue weighted by atomic mass is 10.1. The third-order valence-corrected chi connectivity index (χ3v) is 3.22. The summed E-state index contributed by atoms with van der Waals surface area (Å²) in [7, 11) is 3.12. The first-order chi connectivity index (χ1) is 11.1. The number of benzene rings is 2. The number of rotatable bonds is 7. The molecule has 0 aliphatic carbocycles. The van der Waals surface area contributed by atoms with Crippen molar-refractivity contribution in [2.24, 2.45) is 0 Å². The maximum Gasteiger partial charge on any atom is 0.330 e. The Bertz CT molecular complexity index is 695. The zero-order chi connectivity index (χ0) is 16.7. The average molecular weight is 313 g/mol. The largest absolute Gasteiger partial charge is 0.493 e. The van der Waals surface area contributed by atoms with Crippen molar-refractivity contribution < 1.29 is 19.4 Å². The van der Waals surface area contributed by atoms with Gasteiger partial charge in [-0.25, -0.2) is 4.79 Å². The Morgan fingerprint density at radius 3 is 2.39 bits per heavy atom. The van der Waals surface area contributed by atoms with Crippen molar-refractivity contribution in [2.75, 3.05) is 19.5 Å². The van der Waals surface area contributed by atoms with Gasteiger partial charge in [0.05, 0.1) is 14.2 Å². The maximum atomic E-state index is 11.1. The fourth-order valence-electron chi connectivity index (χ4n) is 2.20. The lowest BCUT2D eigenvalue weighted by Crippen LogP contribution is -2.06. The highest BCUT2D eigenvalue weighted by molar-refractivity contribution is 5.81. The van der Waals surface area contributed by atoms with Gasteiger partial charge >= 0.3 is 5.97 Å². The number of carboxylic acid groups (broad SMARTS) is 1. The fourth-order valence-corrected chi connectivity index (χ4v) is 2.20. The van der Waals surface area contributed by atoms with E-state index in [1.807, 2.05) is 36.4 Å². The smallest absolute Gasteiger partial charge is 0.330 e. The number of anilines is 1. The van der Waals surface area contributed by atoms with Gasteiger partial charge in [0.1, 0.15) is 0 Å². The van der Waals surface area contributed by atoms with E-state index in [-0.39, 0.29) is 0 Å². The minimum atomic E-state index is -0.996. The molecule has 0 aliphatic rings. The van der Waals surface area contributed by atoms with Gasteiger partial charge < -0.3 is 19.9 Å². The molecule has 0 spiro atoms. The van der Waals surface area contributed by atoms with Crippen LogP contribution in [0.5, 0.6) is 11.5 Å². The monoisotopic (exact) mass is 313 g/mol. The molecule has 0 saturated carbocycles. The standard InChI is InChI=1S/C18H19NO4/c1-22-16-9-8-14(11-17(16)23-2)19-15(12-18(20)21)10-13-6-4-3-5-7-13/h3-9,11-12,19H,10H2,1-2H3,(H,20,21). The molecule has 5 heteroatoms. The summed E-state index contributed by atoms with van der Waals surface area (Å²) in [4.78, 5) is 11.1. The van der Waals surface area contributed by atoms with Gasteiger partial charge in [-0.15, -0.1) is 0 Å². The van der Waals surface area contributed by atoms with Crippen molar-refractivity contribution in [1.29, 1.82) is 0 Å². The van der Waals surface area contributed by atoms with Crippen molar-refractivity contribution >= 4 is 11.7 Å². The van der Waals surface area contributed by atoms with Crippen LogP contribution in [0.15, 0.2) is 60.3 Å². The van der Waals surface area contributed by atoms with Crippen molar-refractivity contribution in [2.45, 2.75) is 6.42 Å². The normalized spacial score (nSPS) is 11.0. The van der Waals surface area contributed by atoms with Crippen LogP contribution in [0.2, 0.25) is 0 Å². The Balaban J connectivity index is 2.23. The molecule has 2 aromatic carbocycles. The summed E-state index contributed by atoms with van der Waals surface area (Å²) in [6, 6.07) is 15.0. The summed E-state index contributed by atoms with van der Waals surface area (Å²) >= 11 is 0. The van der Waals surface area contributed by atoms with Crippen LogP contribution in [0.25, 0.3) is 0 Å². The molecule has 0 atom stereocenters. The van der Waals surface area contributed by atoms with Gasteiger partial charge in [0.25, 0.3) is 0 Å². The number of carbonyl (C=O) groups is 1. The van der Waals surface area contributed by atoms with E-state index in [4.69, 9.17) is 14.6 Å². The Labute approximate surface area is 135 Å². The Kier molecular flexibility index (Phi) is 5.63. The van der Waals surface area contributed by atoms with Gasteiger partial charge in [0.2, 0.25) is 0 Å². The van der Waals surface area contributed by atoms with Crippen LogP contribution in [0, 0.1) is 0 Å². The van der Waals surface area contributed by atoms with E-state index in [1.165, 1.54) is 6.08 Å². The van der Waals surface area contributed by atoms with Crippen molar-refractivity contribution in [3.05, 3.63) is 65.9 Å². The number of hydrogen-bond acceptors (Lipinski definition) is 4. The van der Waals surface area contributed by atoms with Crippen LogP contribution in [-0.2, 0) is 11.2 Å². The number of methoxy groups -OCH3 is 2. The summed E-state index contributed by atoms with van der Waals surface area (Å²) in [6.07, 6.45) is 1.66. The Morgan fingerprint density at radius 2 is 1.78 bits per heavy atom. The molecule has 0 amide bonds. The third-order valence-electron chi connectivity index (χ3n) is 3.22. The number of ether oxygens (including phenoxy) is 2. The Hall–Kier alpha value is -2.95. The lowest BCUT2D eigenvalue weighted by molar-refractivity contribution is -0.131. The fraction of sp³-hybridized carbons (Fsp3) is 0.167. The second-order valence-electron chi connectivity index (χ2n) is 4.86. The summed E-state index contributed by atoms with van der Waals surface area (Å²) in [6.45, 7) is 0. The molecule has 2 aromatic rings. The predicted molar refractivity (Wildman–Crippen MR) is 89.0 cm³/mol. The van der Waals surface area contributed by atoms with E-state index >= 15 is 0 Å². The van der Waals surface area contributed by atoms with E-state index in [9.17, 15) is 4.79 Å². The van der Waals surface area contributed by atoms with Crippen LogP contribution in [0.3, 0.4) is 0 Å². The van der Waals surface area contributed by atoms with E-state index in [0.29, 0.717) is 23.6 Å². The van der Waals surface area contributed by atoms with Gasteiger partial charge in [0.15, 0.2) is 11.5 Å². The third kappa shape index (κ3) is 4.78. The highest BCUT2D eigenvalue weighted by Gasteiger charge is 2.07. The Morgan fingerprint density at radius 1 is 1.09 bits per heavy atom. The van der Waals surface area contributed by atoms with Crippen LogP contribution in [-0.4, -0.2) is 25.3 Å². The van der Waals surface area contributed by atoms with Crippen LogP contribution >= 0.6 is 0 Å². The van der Waals surface area contributed by atoms with Crippen molar-refractivity contribution in [1.82, 2.24) is 0 Å². The molecular weight excluding hydrogens is 294 g/mol. The number of nitrogens with one attached hydrogen (secondary N) is 1. The quantitative estimate of drug-likeness (QED) is 0.768. The number of hydrogen-bond donors (Lipinski definition) is 2. The molecule has 0 aromatic heterocycles. The molecule has 2 rings (SSSR count). The van der Waals surface area contributed by atoms with Crippen molar-refractivity contribution in [3.8, 4) is 11.5 Å². The zero-order valence-corrected chi connectivity index (χ0v) is 13.1. The molecule has 0 bridgehead atoms. The van der Waals surface area contributed by atoms with Gasteiger partial charge in [0, 0.05) is 29.9 Å². The molecule has 0 radical (unpaired) electrons. The van der Waals surface area contributed by atoms with Gasteiger partial charge in [-0.1, -0.05) is 30.3 Å². The van der Waals surface area contributed by atoms with E-state index in [1.54, 1.807) is 26.4 Å². The first-order valence-corrected chi connectivity index (χ1v) is 7.09. The van der Waals surface area contributed by atoms with Crippen molar-refractivity contribution in [3.63, 3.8) is 0 Å². The molecule has 2 N–H and O–H groups in total. The predicted octanol–water partition coefficient (Wildman–Crippen LogP) is 3.33. The minimum Gasteiger partial charge on any atom is -0.493 e. The highest BCUT2D eigenvalue weighted by atomic mass is 16.5. The number of allylic oxidation sites excluding steroid dienone is 1. The molecule has 23 heavy (non-hydrogen) atoms. The molecule has 0 saturated heterocycles. The second-order valence-corrected chi connectivity index (χ2v) is 4.86. The number of aliphatic carboxylic acids is 1. The summed E-state index contributed by atoms with van der Waals surface area (Å²) in [5.41, 5.74) is 2.33. The summed E-state index contributed by atoms with van der Waals surface area (Å²) in [5, 5.41) is 12.2. The summed E-state index contributed by atoms with van der Waals surface area (Å²) in [5.74, 6) is 0.195. The minimum absolute atomic E-state index is 0.488. The van der Waals surface area contributed by atoms with E-state index in [2.05, 4.69) is 5.32 Å². The van der Waals surface area contributed by atoms with Gasteiger partial charge in [-0.05, 0) is 17.7 Å². The first-order valence-electron chi connectivity index (χ1n) is 7.09. The average Bonchev–Trinajstić information content (AvgIpc) is 2.55.